The molecule has 0 N–H and O–H groups in total. The second kappa shape index (κ2) is 9.80. The molecule has 1 fully saturated rings. The molecule has 0 bridgehead atoms. The number of benzene rings is 2. The van der Waals surface area contributed by atoms with E-state index in [0.29, 0.717) is 47.9 Å². The third kappa shape index (κ3) is 5.34. The van der Waals surface area contributed by atoms with E-state index >= 15 is 0 Å². The van der Waals surface area contributed by atoms with Crippen molar-refractivity contribution in [2.24, 2.45) is 0 Å². The lowest BCUT2D eigenvalue weighted by atomic mass is 10.2. The van der Waals surface area contributed by atoms with Crippen LogP contribution in [0.15, 0.2) is 53.1 Å². The maximum atomic E-state index is 12.5. The van der Waals surface area contributed by atoms with Crippen molar-refractivity contribution in [2.45, 2.75) is 6.54 Å². The molecule has 2 heterocycles. The number of carbonyl (C=O) groups excluding carboxylic acids is 1. The summed E-state index contributed by atoms with van der Waals surface area (Å²) in [5.41, 5.74) is 0.852. The number of aromatic nitrogens is 2. The van der Waals surface area contributed by atoms with Crippen LogP contribution in [0, 0.1) is 0 Å². The SMILES string of the molecule is COc1ccccc1OCC(=O)N1CCN(Cc2nc(-c3ccc(Cl)cc3)no2)CC1. The summed E-state index contributed by atoms with van der Waals surface area (Å²) in [5.74, 6) is 2.20. The molecule has 0 saturated carbocycles. The lowest BCUT2D eigenvalue weighted by Gasteiger charge is -2.33. The van der Waals surface area contributed by atoms with Gasteiger partial charge in [-0.25, -0.2) is 0 Å². The Hall–Kier alpha value is -3.10. The Bertz CT molecular complexity index is 1020. The molecule has 9 heteroatoms. The fourth-order valence-electron chi connectivity index (χ4n) is 3.35. The van der Waals surface area contributed by atoms with Gasteiger partial charge < -0.3 is 18.9 Å². The summed E-state index contributed by atoms with van der Waals surface area (Å²) in [6.07, 6.45) is 0. The Morgan fingerprint density at radius 3 is 2.48 bits per heavy atom. The minimum atomic E-state index is -0.0478. The minimum absolute atomic E-state index is 0.0194. The van der Waals surface area contributed by atoms with E-state index in [0.717, 1.165) is 18.7 Å². The minimum Gasteiger partial charge on any atom is -0.493 e. The summed E-state index contributed by atoms with van der Waals surface area (Å²) in [5, 5.41) is 4.71. The quantitative estimate of drug-likeness (QED) is 0.556. The number of methoxy groups -OCH3 is 1. The molecule has 0 spiro atoms. The topological polar surface area (TPSA) is 80.9 Å². The summed E-state index contributed by atoms with van der Waals surface area (Å²) in [6.45, 7) is 3.20. The van der Waals surface area contributed by atoms with Crippen LogP contribution in [0.1, 0.15) is 5.89 Å². The zero-order valence-electron chi connectivity index (χ0n) is 17.2. The summed E-state index contributed by atoms with van der Waals surface area (Å²) >= 11 is 5.92. The molecule has 3 aromatic rings. The van der Waals surface area contributed by atoms with E-state index in [9.17, 15) is 4.79 Å². The number of carbonyl (C=O) groups is 1. The van der Waals surface area contributed by atoms with Crippen LogP contribution in [0.4, 0.5) is 0 Å². The number of hydrogen-bond donors (Lipinski definition) is 0. The monoisotopic (exact) mass is 442 g/mol. The van der Waals surface area contributed by atoms with Gasteiger partial charge in [-0.3, -0.25) is 9.69 Å². The van der Waals surface area contributed by atoms with E-state index in [2.05, 4.69) is 15.0 Å². The van der Waals surface area contributed by atoms with Crippen LogP contribution in [-0.2, 0) is 11.3 Å². The summed E-state index contributed by atoms with van der Waals surface area (Å²) < 4.78 is 16.3. The summed E-state index contributed by atoms with van der Waals surface area (Å²) in [4.78, 5) is 21.0. The van der Waals surface area contributed by atoms with Gasteiger partial charge in [0.05, 0.1) is 13.7 Å². The van der Waals surface area contributed by atoms with Crippen molar-refractivity contribution in [1.29, 1.82) is 0 Å². The average Bonchev–Trinajstić information content (AvgIpc) is 3.27. The van der Waals surface area contributed by atoms with E-state index < -0.39 is 0 Å². The van der Waals surface area contributed by atoms with Crippen LogP contribution < -0.4 is 9.47 Å². The van der Waals surface area contributed by atoms with Crippen molar-refractivity contribution in [3.8, 4) is 22.9 Å². The molecule has 162 valence electrons. The zero-order chi connectivity index (χ0) is 21.6. The van der Waals surface area contributed by atoms with Gasteiger partial charge in [0.15, 0.2) is 18.1 Å². The summed E-state index contributed by atoms with van der Waals surface area (Å²) in [6, 6.07) is 14.6. The average molecular weight is 443 g/mol. The molecule has 1 aliphatic heterocycles. The Balaban J connectivity index is 1.25. The number of halogens is 1. The number of piperazine rings is 1. The Kier molecular flexibility index (Phi) is 6.69. The van der Waals surface area contributed by atoms with E-state index in [-0.39, 0.29) is 12.5 Å². The van der Waals surface area contributed by atoms with Crippen molar-refractivity contribution in [1.82, 2.24) is 19.9 Å². The van der Waals surface area contributed by atoms with Gasteiger partial charge >= 0.3 is 0 Å². The second-order valence-electron chi connectivity index (χ2n) is 7.12. The number of hydrogen-bond acceptors (Lipinski definition) is 7. The predicted molar refractivity (Wildman–Crippen MR) is 115 cm³/mol. The van der Waals surface area contributed by atoms with Crippen LogP contribution in [-0.4, -0.2) is 65.7 Å². The molecule has 1 amide bonds. The van der Waals surface area contributed by atoms with Crippen LogP contribution in [0.5, 0.6) is 11.5 Å². The highest BCUT2D eigenvalue weighted by Crippen LogP contribution is 2.25. The zero-order valence-corrected chi connectivity index (χ0v) is 17.9. The highest BCUT2D eigenvalue weighted by Gasteiger charge is 2.23. The maximum Gasteiger partial charge on any atom is 0.260 e. The molecule has 0 unspecified atom stereocenters. The van der Waals surface area contributed by atoms with Gasteiger partial charge in [-0.1, -0.05) is 28.9 Å². The largest absolute Gasteiger partial charge is 0.493 e. The molecule has 31 heavy (non-hydrogen) atoms. The van der Waals surface area contributed by atoms with Crippen molar-refractivity contribution in [2.75, 3.05) is 39.9 Å². The van der Waals surface area contributed by atoms with Gasteiger partial charge in [-0.2, -0.15) is 4.98 Å². The number of para-hydroxylation sites is 2. The Morgan fingerprint density at radius 1 is 1.06 bits per heavy atom. The van der Waals surface area contributed by atoms with Gasteiger partial charge in [-0.15, -0.1) is 0 Å². The fourth-order valence-corrected chi connectivity index (χ4v) is 3.48. The van der Waals surface area contributed by atoms with Crippen molar-refractivity contribution in [3.05, 3.63) is 59.4 Å². The standard InChI is InChI=1S/C22H23ClN4O4/c1-29-18-4-2-3-5-19(18)30-15-21(28)27-12-10-26(11-13-27)14-20-24-22(25-31-20)16-6-8-17(23)9-7-16/h2-9H,10-15H2,1H3. The highest BCUT2D eigenvalue weighted by atomic mass is 35.5. The lowest BCUT2D eigenvalue weighted by molar-refractivity contribution is -0.135. The molecule has 2 aromatic carbocycles. The molecule has 1 aliphatic rings. The van der Waals surface area contributed by atoms with Gasteiger partial charge in [0.2, 0.25) is 11.7 Å². The van der Waals surface area contributed by atoms with E-state index in [4.69, 9.17) is 25.6 Å². The maximum absolute atomic E-state index is 12.5. The normalized spacial score (nSPS) is 14.5. The Labute approximate surface area is 185 Å². The molecule has 4 rings (SSSR count). The summed E-state index contributed by atoms with van der Waals surface area (Å²) in [7, 11) is 1.57. The van der Waals surface area contributed by atoms with Gasteiger partial charge in [0, 0.05) is 36.8 Å². The van der Waals surface area contributed by atoms with Crippen LogP contribution in [0.2, 0.25) is 5.02 Å². The number of amides is 1. The number of nitrogens with zero attached hydrogens (tertiary/aromatic N) is 4. The number of ether oxygens (including phenoxy) is 2. The second-order valence-corrected chi connectivity index (χ2v) is 7.55. The first-order valence-electron chi connectivity index (χ1n) is 9.97. The first-order valence-corrected chi connectivity index (χ1v) is 10.3. The Morgan fingerprint density at radius 2 is 1.77 bits per heavy atom. The van der Waals surface area contributed by atoms with E-state index in [1.165, 1.54) is 0 Å². The lowest BCUT2D eigenvalue weighted by Crippen LogP contribution is -2.49. The fraction of sp³-hybridized carbons (Fsp3) is 0.318. The molecule has 8 nitrogen and oxygen atoms in total. The van der Waals surface area contributed by atoms with Crippen LogP contribution in [0.3, 0.4) is 0 Å². The van der Waals surface area contributed by atoms with Crippen LogP contribution >= 0.6 is 11.6 Å². The van der Waals surface area contributed by atoms with Crippen molar-refractivity contribution in [3.63, 3.8) is 0 Å². The molecule has 1 saturated heterocycles. The molecule has 0 aliphatic carbocycles. The first-order chi connectivity index (χ1) is 15.1. The van der Waals surface area contributed by atoms with Crippen molar-refractivity contribution >= 4 is 17.5 Å². The third-order valence-electron chi connectivity index (χ3n) is 5.07. The van der Waals surface area contributed by atoms with Gasteiger partial charge in [-0.05, 0) is 36.4 Å². The van der Waals surface area contributed by atoms with Crippen molar-refractivity contribution < 1.29 is 18.8 Å². The highest BCUT2D eigenvalue weighted by molar-refractivity contribution is 6.30. The molecule has 1 aromatic heterocycles. The van der Waals surface area contributed by atoms with E-state index in [1.54, 1.807) is 36.3 Å². The smallest absolute Gasteiger partial charge is 0.260 e. The van der Waals surface area contributed by atoms with Crippen LogP contribution in [0.25, 0.3) is 11.4 Å². The molecular weight excluding hydrogens is 420 g/mol. The first kappa shape index (κ1) is 21.1. The molecule has 0 radical (unpaired) electrons. The van der Waals surface area contributed by atoms with E-state index in [1.807, 2.05) is 24.3 Å². The molecule has 0 atom stereocenters. The number of rotatable bonds is 7. The third-order valence-corrected chi connectivity index (χ3v) is 5.33. The predicted octanol–water partition coefficient (Wildman–Crippen LogP) is 3.12. The molecular formula is C22H23ClN4O4. The van der Waals surface area contributed by atoms with Gasteiger partial charge in [0.25, 0.3) is 5.91 Å². The van der Waals surface area contributed by atoms with Gasteiger partial charge in [0.1, 0.15) is 0 Å².